The lowest BCUT2D eigenvalue weighted by atomic mass is 10.1. The Morgan fingerprint density at radius 3 is 2.69 bits per heavy atom. The van der Waals surface area contributed by atoms with Gasteiger partial charge < -0.3 is 19.6 Å². The van der Waals surface area contributed by atoms with Crippen molar-refractivity contribution in [3.05, 3.63) is 60.6 Å². The van der Waals surface area contributed by atoms with E-state index in [0.717, 1.165) is 48.9 Å². The van der Waals surface area contributed by atoms with Gasteiger partial charge in [-0.05, 0) is 13.1 Å². The van der Waals surface area contributed by atoms with Crippen molar-refractivity contribution in [2.75, 3.05) is 43.4 Å². The van der Waals surface area contributed by atoms with Crippen LogP contribution in [0.25, 0.3) is 11.3 Å². The summed E-state index contributed by atoms with van der Waals surface area (Å²) in [6, 6.07) is 14.1. The van der Waals surface area contributed by atoms with Gasteiger partial charge in [-0.25, -0.2) is 0 Å². The number of benzene rings is 1. The molecule has 0 aliphatic carbocycles. The summed E-state index contributed by atoms with van der Waals surface area (Å²) in [7, 11) is 2.16. The van der Waals surface area contributed by atoms with Gasteiger partial charge in [-0.3, -0.25) is 4.98 Å². The van der Waals surface area contributed by atoms with Crippen LogP contribution in [0.15, 0.2) is 59.4 Å². The zero-order valence-electron chi connectivity index (χ0n) is 14.9. The monoisotopic (exact) mass is 349 g/mol. The van der Waals surface area contributed by atoms with E-state index in [4.69, 9.17) is 4.52 Å². The fourth-order valence-electron chi connectivity index (χ4n) is 3.17. The number of hydrogen-bond donors (Lipinski definition) is 1. The Bertz CT molecular complexity index is 840. The quantitative estimate of drug-likeness (QED) is 0.764. The highest BCUT2D eigenvalue weighted by Crippen LogP contribution is 2.26. The van der Waals surface area contributed by atoms with Crippen LogP contribution >= 0.6 is 0 Å². The van der Waals surface area contributed by atoms with E-state index in [1.807, 2.05) is 48.8 Å². The average molecular weight is 349 g/mol. The highest BCUT2D eigenvalue weighted by atomic mass is 16.5. The topological polar surface area (TPSA) is 57.4 Å². The number of aromatic nitrogens is 2. The fraction of sp³-hybridized carbons (Fsp3) is 0.300. The van der Waals surface area contributed by atoms with Crippen LogP contribution in [0.2, 0.25) is 0 Å². The summed E-state index contributed by atoms with van der Waals surface area (Å²) < 4.78 is 5.49. The first-order valence-electron chi connectivity index (χ1n) is 8.92. The lowest BCUT2D eigenvalue weighted by Gasteiger charge is -2.35. The summed E-state index contributed by atoms with van der Waals surface area (Å²) in [6.07, 6.45) is 3.73. The third kappa shape index (κ3) is 3.70. The van der Waals surface area contributed by atoms with Gasteiger partial charge in [0, 0.05) is 44.0 Å². The lowest BCUT2D eigenvalue weighted by Crippen LogP contribution is -2.44. The van der Waals surface area contributed by atoms with E-state index in [9.17, 15) is 0 Å². The molecule has 2 aromatic heterocycles. The van der Waals surface area contributed by atoms with E-state index >= 15 is 0 Å². The zero-order chi connectivity index (χ0) is 17.8. The normalized spacial score (nSPS) is 15.2. The molecule has 0 saturated carbocycles. The number of nitrogens with zero attached hydrogens (tertiary/aromatic N) is 4. The molecule has 1 saturated heterocycles. The molecule has 1 aliphatic rings. The first kappa shape index (κ1) is 16.6. The van der Waals surface area contributed by atoms with Crippen molar-refractivity contribution in [2.24, 2.45) is 0 Å². The van der Waals surface area contributed by atoms with Crippen molar-refractivity contribution in [1.29, 1.82) is 0 Å². The number of piperazine rings is 1. The van der Waals surface area contributed by atoms with Gasteiger partial charge in [-0.15, -0.1) is 0 Å². The summed E-state index contributed by atoms with van der Waals surface area (Å²) in [5.74, 6) is 0.803. The number of nitrogens with one attached hydrogen (secondary N) is 1. The number of anilines is 2. The smallest absolute Gasteiger partial charge is 0.156 e. The molecule has 0 unspecified atom stereocenters. The van der Waals surface area contributed by atoms with Crippen LogP contribution in [-0.2, 0) is 6.54 Å². The highest BCUT2D eigenvalue weighted by molar-refractivity contribution is 5.69. The van der Waals surface area contributed by atoms with Gasteiger partial charge >= 0.3 is 0 Å². The minimum atomic E-state index is 0.576. The second-order valence-corrected chi connectivity index (χ2v) is 6.58. The molecule has 0 spiro atoms. The molecular formula is C20H23N5O. The maximum Gasteiger partial charge on any atom is 0.156 e. The Kier molecular flexibility index (Phi) is 4.84. The molecule has 1 N–H and O–H groups in total. The summed E-state index contributed by atoms with van der Waals surface area (Å²) in [6.45, 7) is 4.77. The Hall–Kier alpha value is -2.86. The van der Waals surface area contributed by atoms with Gasteiger partial charge in [-0.2, -0.15) is 0 Å². The molecule has 0 atom stereocenters. The third-order valence-corrected chi connectivity index (χ3v) is 4.72. The first-order valence-corrected chi connectivity index (χ1v) is 8.92. The maximum atomic E-state index is 5.49. The predicted octanol–water partition coefficient (Wildman–Crippen LogP) is 3.10. The van der Waals surface area contributed by atoms with E-state index in [-0.39, 0.29) is 0 Å². The molecule has 1 aromatic carbocycles. The van der Waals surface area contributed by atoms with Crippen molar-refractivity contribution in [2.45, 2.75) is 6.54 Å². The van der Waals surface area contributed by atoms with Crippen molar-refractivity contribution in [1.82, 2.24) is 15.0 Å². The molecule has 26 heavy (non-hydrogen) atoms. The number of hydrogen-bond acceptors (Lipinski definition) is 6. The predicted molar refractivity (Wildman–Crippen MR) is 103 cm³/mol. The third-order valence-electron chi connectivity index (χ3n) is 4.72. The minimum absolute atomic E-state index is 0.576. The summed E-state index contributed by atoms with van der Waals surface area (Å²) >= 11 is 0. The van der Waals surface area contributed by atoms with Gasteiger partial charge in [0.1, 0.15) is 5.69 Å². The fourth-order valence-corrected chi connectivity index (χ4v) is 3.17. The van der Waals surface area contributed by atoms with Crippen molar-refractivity contribution in [3.8, 4) is 11.3 Å². The van der Waals surface area contributed by atoms with Crippen LogP contribution in [0.4, 0.5) is 11.4 Å². The lowest BCUT2D eigenvalue weighted by molar-refractivity contribution is 0.313. The molecule has 4 rings (SSSR count). The van der Waals surface area contributed by atoms with E-state index in [1.165, 1.54) is 5.69 Å². The second-order valence-electron chi connectivity index (χ2n) is 6.58. The van der Waals surface area contributed by atoms with Gasteiger partial charge in [0.25, 0.3) is 0 Å². The van der Waals surface area contributed by atoms with Gasteiger partial charge in [0.05, 0.1) is 24.1 Å². The van der Waals surface area contributed by atoms with Crippen LogP contribution in [0.1, 0.15) is 5.76 Å². The molecule has 0 amide bonds. The Morgan fingerprint density at radius 1 is 1.08 bits per heavy atom. The second kappa shape index (κ2) is 7.58. The summed E-state index contributed by atoms with van der Waals surface area (Å²) in [5.41, 5.74) is 4.13. The van der Waals surface area contributed by atoms with Crippen LogP contribution in [-0.4, -0.2) is 48.3 Å². The Labute approximate surface area is 153 Å². The van der Waals surface area contributed by atoms with Crippen LogP contribution < -0.4 is 10.2 Å². The molecule has 0 radical (unpaired) electrons. The Morgan fingerprint density at radius 2 is 1.88 bits per heavy atom. The molecule has 6 heteroatoms. The summed E-state index contributed by atoms with van der Waals surface area (Å²) in [5, 5.41) is 7.62. The van der Waals surface area contributed by atoms with Crippen molar-refractivity contribution < 1.29 is 4.52 Å². The van der Waals surface area contributed by atoms with Gasteiger partial charge in [-0.1, -0.05) is 35.5 Å². The molecule has 1 fully saturated rings. The van der Waals surface area contributed by atoms with Crippen LogP contribution in [0.3, 0.4) is 0 Å². The molecule has 1 aliphatic heterocycles. The molecular weight excluding hydrogens is 326 g/mol. The molecule has 134 valence electrons. The van der Waals surface area contributed by atoms with Crippen molar-refractivity contribution in [3.63, 3.8) is 0 Å². The summed E-state index contributed by atoms with van der Waals surface area (Å²) in [4.78, 5) is 9.03. The SMILES string of the molecule is CN1CCN(c2ccncc2NCc2cc(-c3ccccc3)no2)CC1. The average Bonchev–Trinajstić information content (AvgIpc) is 3.17. The van der Waals surface area contributed by atoms with E-state index < -0.39 is 0 Å². The minimum Gasteiger partial charge on any atom is -0.375 e. The maximum absolute atomic E-state index is 5.49. The van der Waals surface area contributed by atoms with Gasteiger partial charge in [0.15, 0.2) is 5.76 Å². The largest absolute Gasteiger partial charge is 0.375 e. The zero-order valence-corrected chi connectivity index (χ0v) is 14.9. The standard InChI is InChI=1S/C20H23N5O/c1-24-9-11-25(12-10-24)20-7-8-21-15-19(20)22-14-17-13-18(23-26-17)16-5-3-2-4-6-16/h2-8,13,15,22H,9-12,14H2,1H3. The molecule has 6 nitrogen and oxygen atoms in total. The highest BCUT2D eigenvalue weighted by Gasteiger charge is 2.17. The Balaban J connectivity index is 1.45. The van der Waals surface area contributed by atoms with Crippen LogP contribution in [0.5, 0.6) is 0 Å². The van der Waals surface area contributed by atoms with Crippen LogP contribution in [0, 0.1) is 0 Å². The molecule has 3 aromatic rings. The van der Waals surface area contributed by atoms with E-state index in [1.54, 1.807) is 0 Å². The van der Waals surface area contributed by atoms with E-state index in [2.05, 4.69) is 38.4 Å². The number of likely N-dealkylation sites (N-methyl/N-ethyl adjacent to an activating group) is 1. The number of pyridine rings is 1. The molecule has 3 heterocycles. The first-order chi connectivity index (χ1) is 12.8. The van der Waals surface area contributed by atoms with Gasteiger partial charge in [0.2, 0.25) is 0 Å². The van der Waals surface area contributed by atoms with Crippen molar-refractivity contribution >= 4 is 11.4 Å². The number of rotatable bonds is 5. The van der Waals surface area contributed by atoms with E-state index in [0.29, 0.717) is 6.54 Å². The molecule has 0 bridgehead atoms.